The van der Waals surface area contributed by atoms with E-state index in [2.05, 4.69) is 35.9 Å². The normalized spacial score (nSPS) is 42.4. The number of hydrogen-bond donors (Lipinski definition) is 3. The fourth-order valence-corrected chi connectivity index (χ4v) is 7.33. The Morgan fingerprint density at radius 2 is 1.80 bits per heavy atom. The van der Waals surface area contributed by atoms with Crippen molar-refractivity contribution in [2.75, 3.05) is 0 Å². The van der Waals surface area contributed by atoms with Gasteiger partial charge >= 0.3 is 6.03 Å². The first kappa shape index (κ1) is 21.4. The first-order valence-electron chi connectivity index (χ1n) is 11.6. The van der Waals surface area contributed by atoms with Crippen molar-refractivity contribution in [2.24, 2.45) is 34.5 Å². The molecule has 1 aliphatic heterocycles. The maximum atomic E-state index is 13.1. The zero-order chi connectivity index (χ0) is 21.9. The van der Waals surface area contributed by atoms with Gasteiger partial charge in [0.15, 0.2) is 0 Å². The zero-order valence-electron chi connectivity index (χ0n) is 19.0. The van der Waals surface area contributed by atoms with Gasteiger partial charge in [-0.15, -0.1) is 0 Å². The molecule has 0 aromatic rings. The number of imide groups is 1. The van der Waals surface area contributed by atoms with Crippen LogP contribution in [0, 0.1) is 34.5 Å². The second kappa shape index (κ2) is 7.10. The molecule has 4 aliphatic rings. The van der Waals surface area contributed by atoms with Crippen molar-refractivity contribution >= 4 is 17.8 Å². The van der Waals surface area contributed by atoms with Crippen LogP contribution in [0.25, 0.3) is 0 Å². The summed E-state index contributed by atoms with van der Waals surface area (Å²) < 4.78 is 0. The Morgan fingerprint density at radius 3 is 2.50 bits per heavy atom. The minimum absolute atomic E-state index is 0.00506. The molecule has 166 valence electrons. The Morgan fingerprint density at radius 1 is 1.07 bits per heavy atom. The Hall–Kier alpha value is -1.85. The van der Waals surface area contributed by atoms with E-state index in [1.165, 1.54) is 0 Å². The lowest BCUT2D eigenvalue weighted by Gasteiger charge is -2.58. The summed E-state index contributed by atoms with van der Waals surface area (Å²) in [5.74, 6) is 1.42. The van der Waals surface area contributed by atoms with Gasteiger partial charge < -0.3 is 10.6 Å². The molecule has 7 atom stereocenters. The van der Waals surface area contributed by atoms with Crippen LogP contribution in [0.3, 0.4) is 0 Å². The predicted octanol–water partition coefficient (Wildman–Crippen LogP) is 3.52. The summed E-state index contributed by atoms with van der Waals surface area (Å²) in [5, 5.41) is 8.64. The lowest BCUT2D eigenvalue weighted by atomic mass is 9.48. The van der Waals surface area contributed by atoms with Gasteiger partial charge in [-0.2, -0.15) is 0 Å². The van der Waals surface area contributed by atoms with E-state index in [0.717, 1.165) is 38.5 Å². The topological polar surface area (TPSA) is 87.3 Å². The highest BCUT2D eigenvalue weighted by molar-refractivity contribution is 5.96. The van der Waals surface area contributed by atoms with Crippen molar-refractivity contribution in [3.8, 4) is 0 Å². The summed E-state index contributed by atoms with van der Waals surface area (Å²) >= 11 is 0. The molecule has 4 amide bonds. The van der Waals surface area contributed by atoms with E-state index in [1.807, 2.05) is 20.8 Å². The standard InChI is InChI=1S/C24H37N3O3/c1-22(2,3)27-21(30)26-20(29)17-8-7-15-14-6-9-18-24(5,13-11-19(28)25-18)16(14)10-12-23(15,17)4/h11,13-18H,6-10,12H2,1-5H3,(H,25,28)(H2,26,27,29,30)/t14-,15-,16+,17?,18?,23-,24+/m0/s1. The Bertz CT molecular complexity index is 785. The SMILES string of the molecule is CC(C)(C)NC(=O)NC(=O)C1CC[C@H]2[C@@H]3CCC4NC(=O)C=C[C@]4(C)[C@@H]3CC[C@]12C. The van der Waals surface area contributed by atoms with E-state index >= 15 is 0 Å². The number of carbonyl (C=O) groups is 3. The van der Waals surface area contributed by atoms with Crippen LogP contribution >= 0.6 is 0 Å². The van der Waals surface area contributed by atoms with Gasteiger partial charge in [-0.25, -0.2) is 4.79 Å². The van der Waals surface area contributed by atoms with E-state index in [1.54, 1.807) is 6.08 Å². The Balaban J connectivity index is 1.50. The number of nitrogens with one attached hydrogen (secondary N) is 3. The van der Waals surface area contributed by atoms with Crippen LogP contribution < -0.4 is 16.0 Å². The number of fused-ring (bicyclic) bond motifs is 5. The summed E-state index contributed by atoms with van der Waals surface area (Å²) in [4.78, 5) is 37.2. The molecule has 0 aromatic heterocycles. The third kappa shape index (κ3) is 3.46. The van der Waals surface area contributed by atoms with Crippen molar-refractivity contribution in [3.63, 3.8) is 0 Å². The first-order chi connectivity index (χ1) is 13.9. The van der Waals surface area contributed by atoms with E-state index in [9.17, 15) is 14.4 Å². The quantitative estimate of drug-likeness (QED) is 0.612. The molecule has 6 nitrogen and oxygen atoms in total. The van der Waals surface area contributed by atoms with Crippen LogP contribution in [0.2, 0.25) is 0 Å². The minimum Gasteiger partial charge on any atom is -0.349 e. The minimum atomic E-state index is -0.399. The molecule has 30 heavy (non-hydrogen) atoms. The fraction of sp³-hybridized carbons (Fsp3) is 0.792. The third-order valence-corrected chi connectivity index (χ3v) is 8.73. The summed E-state index contributed by atoms with van der Waals surface area (Å²) in [6.45, 7) is 10.3. The molecule has 3 saturated carbocycles. The van der Waals surface area contributed by atoms with Crippen molar-refractivity contribution in [3.05, 3.63) is 12.2 Å². The van der Waals surface area contributed by atoms with Crippen molar-refractivity contribution < 1.29 is 14.4 Å². The average molecular weight is 416 g/mol. The monoisotopic (exact) mass is 415 g/mol. The van der Waals surface area contributed by atoms with Gasteiger partial charge in [-0.1, -0.05) is 19.9 Å². The Kier molecular flexibility index (Phi) is 5.06. The largest absolute Gasteiger partial charge is 0.349 e. The van der Waals surface area contributed by atoms with E-state index in [-0.39, 0.29) is 40.1 Å². The molecule has 0 spiro atoms. The number of urea groups is 1. The lowest BCUT2D eigenvalue weighted by Crippen LogP contribution is -2.59. The molecule has 0 radical (unpaired) electrons. The van der Waals surface area contributed by atoms with Crippen molar-refractivity contribution in [2.45, 2.75) is 84.7 Å². The maximum Gasteiger partial charge on any atom is 0.321 e. The summed E-state index contributed by atoms with van der Waals surface area (Å²) in [6.07, 6.45) is 9.96. The molecule has 1 heterocycles. The molecule has 6 heteroatoms. The smallest absolute Gasteiger partial charge is 0.321 e. The number of amides is 4. The third-order valence-electron chi connectivity index (χ3n) is 8.73. The van der Waals surface area contributed by atoms with Gasteiger partial charge in [-0.3, -0.25) is 14.9 Å². The van der Waals surface area contributed by atoms with Gasteiger partial charge in [0.05, 0.1) is 0 Å². The molecule has 3 fully saturated rings. The molecule has 0 saturated heterocycles. The number of hydrogen-bond acceptors (Lipinski definition) is 3. The van der Waals surface area contributed by atoms with Crippen LogP contribution in [0.4, 0.5) is 4.79 Å². The molecule has 0 bridgehead atoms. The van der Waals surface area contributed by atoms with Gasteiger partial charge in [0.2, 0.25) is 11.8 Å². The van der Waals surface area contributed by atoms with E-state index in [0.29, 0.717) is 17.8 Å². The molecule has 4 rings (SSSR count). The molecule has 2 unspecified atom stereocenters. The van der Waals surface area contributed by atoms with Gasteiger partial charge in [0.25, 0.3) is 0 Å². The number of carbonyl (C=O) groups excluding carboxylic acids is 3. The van der Waals surface area contributed by atoms with Crippen LogP contribution in [0.5, 0.6) is 0 Å². The predicted molar refractivity (Wildman–Crippen MR) is 115 cm³/mol. The summed E-state index contributed by atoms with van der Waals surface area (Å²) in [7, 11) is 0. The highest BCUT2D eigenvalue weighted by atomic mass is 16.2. The zero-order valence-corrected chi connectivity index (χ0v) is 19.0. The van der Waals surface area contributed by atoms with Crippen LogP contribution in [-0.2, 0) is 9.59 Å². The molecular formula is C24H37N3O3. The van der Waals surface area contributed by atoms with Gasteiger partial charge in [0, 0.05) is 22.9 Å². The number of rotatable bonds is 1. The van der Waals surface area contributed by atoms with Crippen LogP contribution in [0.1, 0.15) is 73.1 Å². The molecule has 3 aliphatic carbocycles. The second-order valence-electron chi connectivity index (χ2n) is 11.6. The Labute approximate surface area is 180 Å². The fourth-order valence-electron chi connectivity index (χ4n) is 7.33. The van der Waals surface area contributed by atoms with Crippen molar-refractivity contribution in [1.29, 1.82) is 0 Å². The highest BCUT2D eigenvalue weighted by Crippen LogP contribution is 2.64. The second-order valence-corrected chi connectivity index (χ2v) is 11.6. The van der Waals surface area contributed by atoms with E-state index in [4.69, 9.17) is 0 Å². The lowest BCUT2D eigenvalue weighted by molar-refractivity contribution is -0.133. The summed E-state index contributed by atoms with van der Waals surface area (Å²) in [5.41, 5.74) is -0.426. The molecular weight excluding hydrogens is 378 g/mol. The highest BCUT2D eigenvalue weighted by Gasteiger charge is 2.60. The maximum absolute atomic E-state index is 13.1. The van der Waals surface area contributed by atoms with Gasteiger partial charge in [-0.05, 0) is 88.5 Å². The summed E-state index contributed by atoms with van der Waals surface area (Å²) in [6, 6.07) is -0.175. The first-order valence-corrected chi connectivity index (χ1v) is 11.6. The molecule has 3 N–H and O–H groups in total. The van der Waals surface area contributed by atoms with Crippen LogP contribution in [0.15, 0.2) is 12.2 Å². The van der Waals surface area contributed by atoms with E-state index < -0.39 is 6.03 Å². The van der Waals surface area contributed by atoms with Crippen molar-refractivity contribution in [1.82, 2.24) is 16.0 Å². The van der Waals surface area contributed by atoms with Gasteiger partial charge in [0.1, 0.15) is 0 Å². The average Bonchev–Trinajstić information content (AvgIpc) is 2.98. The molecule has 0 aromatic carbocycles. The van der Waals surface area contributed by atoms with Crippen LogP contribution in [-0.4, -0.2) is 29.4 Å².